The van der Waals surface area contributed by atoms with Crippen molar-refractivity contribution in [3.05, 3.63) is 0 Å². The molecule has 0 amide bonds. The van der Waals surface area contributed by atoms with Crippen LogP contribution in [0.5, 0.6) is 0 Å². The van der Waals surface area contributed by atoms with Crippen LogP contribution in [0.4, 0.5) is 0 Å². The second kappa shape index (κ2) is 11.0. The van der Waals surface area contributed by atoms with Gasteiger partial charge in [-0.2, -0.15) is 11.8 Å². The molecule has 0 heterocycles. The quantitative estimate of drug-likeness (QED) is 0.193. The highest BCUT2D eigenvalue weighted by Gasteiger charge is 2.35. The molecule has 0 fully saturated rings. The number of carbonyl (C=O) groups is 2. The Hall–Kier alpha value is -0.630. The normalized spacial score (nSPS) is 14.3. The van der Waals surface area contributed by atoms with Gasteiger partial charge in [0.25, 0.3) is 0 Å². The number of ether oxygens (including phenoxy) is 1. The van der Waals surface area contributed by atoms with Crippen molar-refractivity contribution in [2.24, 2.45) is 23.4 Å². The molecule has 4 N–H and O–H groups in total. The van der Waals surface area contributed by atoms with Crippen LogP contribution in [-0.4, -0.2) is 48.1 Å². The van der Waals surface area contributed by atoms with E-state index < -0.39 is 17.9 Å². The number of thioether (sulfide) groups is 1. The van der Waals surface area contributed by atoms with Crippen LogP contribution in [-0.2, 0) is 14.3 Å². The van der Waals surface area contributed by atoms with Gasteiger partial charge in [-0.15, -0.1) is 0 Å². The topological polar surface area (TPSA) is 98.7 Å². The number of carbonyl (C=O) groups excluding carboxylic acids is 2. The summed E-state index contributed by atoms with van der Waals surface area (Å²) >= 11 is 1.63. The smallest absolute Gasteiger partial charge is 0.316 e. The molecule has 0 rings (SSSR count). The van der Waals surface area contributed by atoms with E-state index in [-0.39, 0.29) is 25.0 Å². The largest absolute Gasteiger partial charge is 0.465 e. The molecule has 2 atom stereocenters. The monoisotopic (exact) mass is 319 g/mol. The van der Waals surface area contributed by atoms with Crippen molar-refractivity contribution in [3.63, 3.8) is 0 Å². The Labute approximate surface area is 131 Å². The van der Waals surface area contributed by atoms with E-state index in [2.05, 4.69) is 0 Å². The number of nitrogens with zero attached hydrogens (tertiary/aromatic N) is 1. The zero-order valence-electron chi connectivity index (χ0n) is 13.5. The minimum Gasteiger partial charge on any atom is -0.465 e. The van der Waals surface area contributed by atoms with Gasteiger partial charge < -0.3 is 10.5 Å². The summed E-state index contributed by atoms with van der Waals surface area (Å²) in [4.78, 5) is 24.8. The summed E-state index contributed by atoms with van der Waals surface area (Å²) in [6.07, 6.45) is 3.00. The van der Waals surface area contributed by atoms with Crippen molar-refractivity contribution in [1.82, 2.24) is 5.01 Å². The first-order valence-electron chi connectivity index (χ1n) is 7.29. The Kier molecular flexibility index (Phi) is 10.7. The lowest BCUT2D eigenvalue weighted by Gasteiger charge is -2.28. The molecule has 0 saturated carbocycles. The van der Waals surface area contributed by atoms with Crippen LogP contribution in [0.25, 0.3) is 0 Å². The minimum atomic E-state index is -0.769. The van der Waals surface area contributed by atoms with E-state index in [0.29, 0.717) is 12.8 Å². The molecule has 6 nitrogen and oxygen atoms in total. The van der Waals surface area contributed by atoms with Crippen molar-refractivity contribution < 1.29 is 14.3 Å². The summed E-state index contributed by atoms with van der Waals surface area (Å²) in [5.41, 5.74) is 5.54. The molecule has 0 saturated heterocycles. The number of hydrogen-bond acceptors (Lipinski definition) is 7. The molecular weight excluding hydrogens is 290 g/mol. The van der Waals surface area contributed by atoms with Crippen molar-refractivity contribution >= 4 is 23.5 Å². The van der Waals surface area contributed by atoms with Crippen LogP contribution in [0.2, 0.25) is 0 Å². The van der Waals surface area contributed by atoms with Gasteiger partial charge in [-0.1, -0.05) is 13.8 Å². The molecule has 0 aliphatic carbocycles. The fraction of sp³-hybridized carbons (Fsp3) is 0.857. The minimum absolute atomic E-state index is 0.0714. The Balaban J connectivity index is 5.11. The third-order valence-corrected chi connectivity index (χ3v) is 3.80. The van der Waals surface area contributed by atoms with Gasteiger partial charge in [0.15, 0.2) is 5.78 Å². The fourth-order valence-corrected chi connectivity index (χ4v) is 2.56. The van der Waals surface area contributed by atoms with Crippen molar-refractivity contribution in [1.29, 1.82) is 0 Å². The van der Waals surface area contributed by atoms with Gasteiger partial charge in [0.2, 0.25) is 0 Å². The maximum absolute atomic E-state index is 12.7. The van der Waals surface area contributed by atoms with Gasteiger partial charge in [0.05, 0.1) is 19.3 Å². The molecule has 21 heavy (non-hydrogen) atoms. The number of ketones is 1. The molecule has 0 aliphatic rings. The van der Waals surface area contributed by atoms with Gasteiger partial charge in [-0.3, -0.25) is 15.4 Å². The molecule has 124 valence electrons. The third kappa shape index (κ3) is 7.26. The van der Waals surface area contributed by atoms with Crippen LogP contribution in [0.15, 0.2) is 0 Å². The lowest BCUT2D eigenvalue weighted by Crippen LogP contribution is -2.52. The Bertz CT molecular complexity index is 327. The summed E-state index contributed by atoms with van der Waals surface area (Å²) in [5.74, 6) is 5.40. The number of rotatable bonds is 11. The van der Waals surface area contributed by atoms with Gasteiger partial charge in [0, 0.05) is 0 Å². The van der Waals surface area contributed by atoms with Gasteiger partial charge in [-0.25, -0.2) is 5.01 Å². The van der Waals surface area contributed by atoms with E-state index in [4.69, 9.17) is 16.3 Å². The molecule has 0 aromatic rings. The first-order chi connectivity index (χ1) is 9.88. The van der Waals surface area contributed by atoms with Crippen molar-refractivity contribution in [2.45, 2.75) is 39.7 Å². The van der Waals surface area contributed by atoms with Crippen molar-refractivity contribution in [3.8, 4) is 0 Å². The number of esters is 1. The summed E-state index contributed by atoms with van der Waals surface area (Å²) in [7, 11) is 0. The highest BCUT2D eigenvalue weighted by Crippen LogP contribution is 2.20. The summed E-state index contributed by atoms with van der Waals surface area (Å²) in [5, 5.41) is 1.31. The number of hydrogen-bond donors (Lipinski definition) is 2. The molecule has 0 aliphatic heterocycles. The average molecular weight is 319 g/mol. The molecule has 0 spiro atoms. The van der Waals surface area contributed by atoms with Crippen LogP contribution in [0.1, 0.15) is 33.6 Å². The number of Topliss-reactive ketones (excluding diaryl/α,β-unsaturated/α-hetero) is 1. The summed E-state index contributed by atoms with van der Waals surface area (Å²) in [6, 6.07) is -0.546. The predicted octanol–water partition coefficient (Wildman–Crippen LogP) is 0.995. The zero-order valence-corrected chi connectivity index (χ0v) is 14.3. The highest BCUT2D eigenvalue weighted by atomic mass is 32.2. The standard InChI is InChI=1S/C14H29N3O3S/c1-5-20-14(19)11(8-10(2)3)13(18)12(6-7-21-4)17(16)9-15/h10-12H,5-9,15-16H2,1-4H3. The van der Waals surface area contributed by atoms with E-state index in [9.17, 15) is 9.59 Å². The van der Waals surface area contributed by atoms with Crippen LogP contribution in [0.3, 0.4) is 0 Å². The van der Waals surface area contributed by atoms with E-state index >= 15 is 0 Å². The SMILES string of the molecule is CCOC(=O)C(CC(C)C)C(=O)C(CCSC)N(N)CN. The zero-order chi connectivity index (χ0) is 16.4. The molecule has 7 heteroatoms. The fourth-order valence-electron chi connectivity index (χ4n) is 2.10. The Morgan fingerprint density at radius 2 is 1.95 bits per heavy atom. The van der Waals surface area contributed by atoms with Gasteiger partial charge in [0.1, 0.15) is 5.92 Å². The Morgan fingerprint density at radius 3 is 2.38 bits per heavy atom. The van der Waals surface area contributed by atoms with E-state index in [1.165, 1.54) is 5.01 Å². The van der Waals surface area contributed by atoms with E-state index in [1.54, 1.807) is 18.7 Å². The summed E-state index contributed by atoms with van der Waals surface area (Å²) < 4.78 is 5.04. The lowest BCUT2D eigenvalue weighted by molar-refractivity contribution is -0.153. The predicted molar refractivity (Wildman–Crippen MR) is 86.5 cm³/mol. The molecule has 0 aromatic heterocycles. The molecule has 2 unspecified atom stereocenters. The molecule has 0 bridgehead atoms. The lowest BCUT2D eigenvalue weighted by atomic mass is 9.88. The molecular formula is C14H29N3O3S. The maximum atomic E-state index is 12.7. The van der Waals surface area contributed by atoms with E-state index in [1.807, 2.05) is 20.1 Å². The van der Waals surface area contributed by atoms with Crippen LogP contribution < -0.4 is 11.6 Å². The number of hydrazine groups is 1. The van der Waals surface area contributed by atoms with E-state index in [0.717, 1.165) is 5.75 Å². The third-order valence-electron chi connectivity index (χ3n) is 3.16. The average Bonchev–Trinajstić information content (AvgIpc) is 2.44. The van der Waals surface area contributed by atoms with Gasteiger partial charge in [-0.05, 0) is 37.7 Å². The van der Waals surface area contributed by atoms with Crippen LogP contribution >= 0.6 is 11.8 Å². The highest BCUT2D eigenvalue weighted by molar-refractivity contribution is 7.98. The second-order valence-corrected chi connectivity index (χ2v) is 6.32. The first-order valence-corrected chi connectivity index (χ1v) is 8.69. The summed E-state index contributed by atoms with van der Waals surface area (Å²) in [6.45, 7) is 6.01. The molecule has 0 aromatic carbocycles. The van der Waals surface area contributed by atoms with Gasteiger partial charge >= 0.3 is 5.97 Å². The first kappa shape index (κ1) is 20.4. The van der Waals surface area contributed by atoms with Crippen LogP contribution in [0, 0.1) is 11.8 Å². The maximum Gasteiger partial charge on any atom is 0.316 e. The Morgan fingerprint density at radius 1 is 1.33 bits per heavy atom. The second-order valence-electron chi connectivity index (χ2n) is 5.33. The molecule has 0 radical (unpaired) electrons. The number of nitrogens with two attached hydrogens (primary N) is 2. The van der Waals surface area contributed by atoms with Crippen molar-refractivity contribution in [2.75, 3.05) is 25.3 Å².